The summed E-state index contributed by atoms with van der Waals surface area (Å²) in [4.78, 5) is 0. The average molecular weight is 265 g/mol. The topological polar surface area (TPSA) is 34.1 Å². The zero-order valence-electron chi connectivity index (χ0n) is 9.42. The van der Waals surface area contributed by atoms with Crippen molar-refractivity contribution in [2.24, 2.45) is 0 Å². The lowest BCUT2D eigenvalue weighted by molar-refractivity contribution is 0.555. The van der Waals surface area contributed by atoms with E-state index < -0.39 is 20.4 Å². The maximum absolute atomic E-state index is 13.4. The summed E-state index contributed by atoms with van der Waals surface area (Å²) in [6.45, 7) is 4.76. The molecule has 0 aromatic heterocycles. The summed E-state index contributed by atoms with van der Waals surface area (Å²) in [5, 5.41) is 0.334. The fraction of sp³-hybridized carbons (Fsp3) is 0.455. The minimum atomic E-state index is -3.39. The molecule has 0 heterocycles. The summed E-state index contributed by atoms with van der Waals surface area (Å²) in [5.74, 6) is -0.875. The van der Waals surface area contributed by atoms with Gasteiger partial charge in [-0.25, -0.2) is 12.8 Å². The molecule has 2 nitrogen and oxygen atoms in total. The molecule has 0 saturated carbocycles. The number of sulfone groups is 1. The van der Waals surface area contributed by atoms with E-state index in [9.17, 15) is 12.8 Å². The molecular weight excluding hydrogens is 251 g/mol. The van der Waals surface area contributed by atoms with Crippen LogP contribution in [0.25, 0.3) is 0 Å². The molecule has 0 atom stereocenters. The van der Waals surface area contributed by atoms with Crippen molar-refractivity contribution >= 4 is 21.4 Å². The monoisotopic (exact) mass is 264 g/mol. The number of hydrogen-bond acceptors (Lipinski definition) is 2. The average Bonchev–Trinajstić information content (AvgIpc) is 2.09. The Kier molecular flexibility index (Phi) is 3.65. The Bertz CT molecular complexity index is 489. The summed E-state index contributed by atoms with van der Waals surface area (Å²) in [6.07, 6.45) is 0. The van der Waals surface area contributed by atoms with Crippen molar-refractivity contribution in [1.29, 1.82) is 0 Å². The largest absolute Gasteiger partial charge is 0.228 e. The van der Waals surface area contributed by atoms with Gasteiger partial charge in [0.2, 0.25) is 0 Å². The van der Waals surface area contributed by atoms with Crippen LogP contribution >= 0.6 is 11.6 Å². The van der Waals surface area contributed by atoms with Crippen LogP contribution in [0.3, 0.4) is 0 Å². The van der Waals surface area contributed by atoms with Crippen LogP contribution in [0.5, 0.6) is 0 Å². The van der Waals surface area contributed by atoms with E-state index in [1.165, 1.54) is 18.2 Å². The highest BCUT2D eigenvalue weighted by Crippen LogP contribution is 2.23. The molecule has 90 valence electrons. The highest BCUT2D eigenvalue weighted by atomic mass is 35.5. The lowest BCUT2D eigenvalue weighted by Crippen LogP contribution is -2.29. The quantitative estimate of drug-likeness (QED) is 0.822. The van der Waals surface area contributed by atoms with Gasteiger partial charge in [-0.05, 0) is 39.0 Å². The van der Waals surface area contributed by atoms with Crippen LogP contribution in [0, 0.1) is 5.82 Å². The van der Waals surface area contributed by atoms with Gasteiger partial charge >= 0.3 is 0 Å². The van der Waals surface area contributed by atoms with Crippen molar-refractivity contribution in [3.8, 4) is 0 Å². The second-order valence-electron chi connectivity index (χ2n) is 4.61. The molecule has 0 bridgehead atoms. The van der Waals surface area contributed by atoms with Gasteiger partial charge in [-0.3, -0.25) is 0 Å². The van der Waals surface area contributed by atoms with Gasteiger partial charge in [0.05, 0.1) is 10.5 Å². The van der Waals surface area contributed by atoms with Gasteiger partial charge in [0.25, 0.3) is 0 Å². The van der Waals surface area contributed by atoms with Gasteiger partial charge < -0.3 is 0 Å². The second kappa shape index (κ2) is 4.34. The lowest BCUT2D eigenvalue weighted by atomic mass is 10.2. The Labute approximate surface area is 100 Å². The van der Waals surface area contributed by atoms with Crippen molar-refractivity contribution in [1.82, 2.24) is 0 Å². The van der Waals surface area contributed by atoms with E-state index in [0.29, 0.717) is 5.02 Å². The highest BCUT2D eigenvalue weighted by molar-refractivity contribution is 7.91. The van der Waals surface area contributed by atoms with Crippen LogP contribution < -0.4 is 0 Å². The van der Waals surface area contributed by atoms with Gasteiger partial charge in [0.1, 0.15) is 5.82 Å². The molecule has 0 saturated heterocycles. The molecule has 16 heavy (non-hydrogen) atoms. The molecule has 1 rings (SSSR count). The number of rotatable bonds is 2. The Morgan fingerprint density at radius 1 is 1.31 bits per heavy atom. The zero-order valence-corrected chi connectivity index (χ0v) is 11.0. The van der Waals surface area contributed by atoms with Crippen LogP contribution in [-0.2, 0) is 15.6 Å². The molecule has 0 unspecified atom stereocenters. The molecule has 0 N–H and O–H groups in total. The second-order valence-corrected chi connectivity index (χ2v) is 7.79. The normalized spacial score (nSPS) is 12.8. The summed E-state index contributed by atoms with van der Waals surface area (Å²) in [6, 6.07) is 3.92. The Hall–Kier alpha value is -0.610. The first-order valence-corrected chi connectivity index (χ1v) is 6.83. The first-order chi connectivity index (χ1) is 7.13. The van der Waals surface area contributed by atoms with E-state index >= 15 is 0 Å². The van der Waals surface area contributed by atoms with Crippen LogP contribution in [0.1, 0.15) is 26.3 Å². The number of benzene rings is 1. The van der Waals surface area contributed by atoms with Gasteiger partial charge in [0.15, 0.2) is 9.84 Å². The fourth-order valence-electron chi connectivity index (χ4n) is 1.08. The molecule has 0 radical (unpaired) electrons. The van der Waals surface area contributed by atoms with E-state index in [-0.39, 0.29) is 11.3 Å². The van der Waals surface area contributed by atoms with Crippen molar-refractivity contribution < 1.29 is 12.8 Å². The first-order valence-electron chi connectivity index (χ1n) is 4.80. The molecule has 0 aliphatic rings. The van der Waals surface area contributed by atoms with Crippen LogP contribution in [0.2, 0.25) is 5.02 Å². The Morgan fingerprint density at radius 2 is 1.88 bits per heavy atom. The van der Waals surface area contributed by atoms with Gasteiger partial charge in [-0.15, -0.1) is 0 Å². The molecule has 1 aromatic rings. The smallest absolute Gasteiger partial charge is 0.159 e. The maximum Gasteiger partial charge on any atom is 0.159 e. The molecule has 0 amide bonds. The standard InChI is InChI=1S/C11H14ClFO2S/c1-11(2,3)16(14,15)7-8-6-9(12)4-5-10(8)13/h4-6H,7H2,1-3H3. The van der Waals surface area contributed by atoms with Gasteiger partial charge in [0, 0.05) is 10.6 Å². The Balaban J connectivity index is 3.11. The van der Waals surface area contributed by atoms with Crippen molar-refractivity contribution in [3.63, 3.8) is 0 Å². The molecular formula is C11H14ClFO2S. The third kappa shape index (κ3) is 2.95. The van der Waals surface area contributed by atoms with E-state index in [2.05, 4.69) is 0 Å². The highest BCUT2D eigenvalue weighted by Gasteiger charge is 2.29. The third-order valence-electron chi connectivity index (χ3n) is 2.29. The fourth-order valence-corrected chi connectivity index (χ4v) is 2.33. The van der Waals surface area contributed by atoms with Crippen molar-refractivity contribution in [3.05, 3.63) is 34.6 Å². The minimum absolute atomic E-state index is 0.113. The van der Waals surface area contributed by atoms with E-state index in [4.69, 9.17) is 11.6 Å². The van der Waals surface area contributed by atoms with Gasteiger partial charge in [-0.2, -0.15) is 0 Å². The van der Waals surface area contributed by atoms with Gasteiger partial charge in [-0.1, -0.05) is 11.6 Å². The van der Waals surface area contributed by atoms with E-state index in [1.807, 2.05) is 0 Å². The molecule has 5 heteroatoms. The molecule has 0 aliphatic heterocycles. The number of hydrogen-bond donors (Lipinski definition) is 0. The predicted molar refractivity (Wildman–Crippen MR) is 63.8 cm³/mol. The lowest BCUT2D eigenvalue weighted by Gasteiger charge is -2.19. The molecule has 0 spiro atoms. The zero-order chi connectivity index (χ0) is 12.6. The maximum atomic E-state index is 13.4. The minimum Gasteiger partial charge on any atom is -0.228 e. The van der Waals surface area contributed by atoms with Crippen LogP contribution in [0.15, 0.2) is 18.2 Å². The summed E-state index contributed by atoms with van der Waals surface area (Å²) in [7, 11) is -3.39. The third-order valence-corrected chi connectivity index (χ3v) is 5.08. The summed E-state index contributed by atoms with van der Waals surface area (Å²) in [5.41, 5.74) is 0.113. The first kappa shape index (κ1) is 13.5. The van der Waals surface area contributed by atoms with Crippen molar-refractivity contribution in [2.75, 3.05) is 0 Å². The molecule has 1 aromatic carbocycles. The molecule has 0 aliphatic carbocycles. The van der Waals surface area contributed by atoms with Crippen LogP contribution in [-0.4, -0.2) is 13.2 Å². The van der Waals surface area contributed by atoms with E-state index in [1.54, 1.807) is 20.8 Å². The Morgan fingerprint density at radius 3 is 2.38 bits per heavy atom. The SMILES string of the molecule is CC(C)(C)S(=O)(=O)Cc1cc(Cl)ccc1F. The summed E-state index contributed by atoms with van der Waals surface area (Å²) >= 11 is 5.70. The van der Waals surface area contributed by atoms with E-state index in [0.717, 1.165) is 0 Å². The number of halogens is 2. The molecule has 0 fully saturated rings. The summed E-state index contributed by atoms with van der Waals surface area (Å²) < 4.78 is 36.2. The van der Waals surface area contributed by atoms with Crippen molar-refractivity contribution in [2.45, 2.75) is 31.3 Å². The predicted octanol–water partition coefficient (Wildman–Crippen LogP) is 3.19. The van der Waals surface area contributed by atoms with Crippen LogP contribution in [0.4, 0.5) is 4.39 Å².